The Morgan fingerprint density at radius 3 is 2.80 bits per heavy atom. The summed E-state index contributed by atoms with van der Waals surface area (Å²) in [6.07, 6.45) is 4.30. The van der Waals surface area contributed by atoms with Crippen LogP contribution in [0.15, 0.2) is 30.3 Å². The third-order valence-corrected chi connectivity index (χ3v) is 6.29. The van der Waals surface area contributed by atoms with Crippen molar-refractivity contribution in [3.8, 4) is 0 Å². The number of piperidine rings is 1. The summed E-state index contributed by atoms with van der Waals surface area (Å²) in [4.78, 5) is 15.0. The van der Waals surface area contributed by atoms with Gasteiger partial charge in [-0.3, -0.25) is 0 Å². The molecule has 136 valence electrons. The van der Waals surface area contributed by atoms with Crippen LogP contribution in [0.1, 0.15) is 31.2 Å². The largest absolute Gasteiger partial charge is 0.381 e. The predicted octanol–water partition coefficient (Wildman–Crippen LogP) is 2.13. The van der Waals surface area contributed by atoms with Crippen LogP contribution in [-0.4, -0.2) is 56.4 Å². The molecule has 1 aromatic rings. The van der Waals surface area contributed by atoms with Crippen molar-refractivity contribution in [3.63, 3.8) is 0 Å². The second kappa shape index (κ2) is 7.34. The van der Waals surface area contributed by atoms with Gasteiger partial charge in [-0.2, -0.15) is 0 Å². The van der Waals surface area contributed by atoms with E-state index in [2.05, 4.69) is 45.9 Å². The lowest BCUT2D eigenvalue weighted by Gasteiger charge is -2.40. The summed E-state index contributed by atoms with van der Waals surface area (Å²) in [5, 5.41) is 6.77. The number of fused-ring (bicyclic) bond motifs is 4. The lowest BCUT2D eigenvalue weighted by Crippen LogP contribution is -2.54. The van der Waals surface area contributed by atoms with Gasteiger partial charge in [0.25, 0.3) is 0 Å². The first-order valence-corrected chi connectivity index (χ1v) is 9.65. The zero-order valence-corrected chi connectivity index (χ0v) is 14.9. The van der Waals surface area contributed by atoms with E-state index in [0.29, 0.717) is 18.5 Å². The number of nitrogens with one attached hydrogen (secondary N) is 2. The van der Waals surface area contributed by atoms with Crippen LogP contribution < -0.4 is 10.6 Å². The van der Waals surface area contributed by atoms with Gasteiger partial charge in [-0.15, -0.1) is 0 Å². The average Bonchev–Trinajstić information content (AvgIpc) is 3.03. The van der Waals surface area contributed by atoms with Crippen molar-refractivity contribution >= 4 is 6.03 Å². The van der Waals surface area contributed by atoms with E-state index in [-0.39, 0.29) is 11.4 Å². The first kappa shape index (κ1) is 16.9. The molecule has 0 aromatic heterocycles. The Bertz CT molecular complexity index is 582. The Kier molecular flexibility index (Phi) is 4.95. The molecule has 1 aromatic carbocycles. The highest BCUT2D eigenvalue weighted by atomic mass is 16.5. The van der Waals surface area contributed by atoms with E-state index >= 15 is 0 Å². The molecular formula is C20H29N3O2. The number of ether oxygens (including phenoxy) is 1. The molecule has 0 spiro atoms. The number of carbonyl (C=O) groups excluding carboxylic acids is 1. The van der Waals surface area contributed by atoms with E-state index in [9.17, 15) is 4.79 Å². The maximum Gasteiger partial charge on any atom is 0.317 e. The highest BCUT2D eigenvalue weighted by molar-refractivity contribution is 5.75. The second-order valence-electron chi connectivity index (χ2n) is 7.83. The topological polar surface area (TPSA) is 53.6 Å². The summed E-state index contributed by atoms with van der Waals surface area (Å²) < 4.78 is 5.59. The molecule has 0 radical (unpaired) electrons. The van der Waals surface area contributed by atoms with Gasteiger partial charge in [0.15, 0.2) is 0 Å². The molecule has 4 aliphatic heterocycles. The predicted molar refractivity (Wildman–Crippen MR) is 97.7 cm³/mol. The molecule has 2 N–H and O–H groups in total. The van der Waals surface area contributed by atoms with Crippen LogP contribution >= 0.6 is 0 Å². The zero-order chi connectivity index (χ0) is 17.1. The number of nitrogens with zero attached hydrogens (tertiary/aromatic N) is 1. The monoisotopic (exact) mass is 343 g/mol. The number of hydrogen-bond donors (Lipinski definition) is 2. The van der Waals surface area contributed by atoms with Crippen LogP contribution in [0.5, 0.6) is 0 Å². The summed E-state index contributed by atoms with van der Waals surface area (Å²) in [5.74, 6) is 0.607. The van der Waals surface area contributed by atoms with Gasteiger partial charge in [-0.25, -0.2) is 4.79 Å². The van der Waals surface area contributed by atoms with Crippen molar-refractivity contribution in [2.75, 3.05) is 39.4 Å². The van der Waals surface area contributed by atoms with Gasteiger partial charge < -0.3 is 20.3 Å². The molecule has 5 rings (SSSR count). The number of hydrogen-bond acceptors (Lipinski definition) is 3. The summed E-state index contributed by atoms with van der Waals surface area (Å²) in [5.41, 5.74) is 1.32. The van der Waals surface area contributed by atoms with Gasteiger partial charge in [0.05, 0.1) is 0 Å². The molecule has 4 aliphatic rings. The van der Waals surface area contributed by atoms with Gasteiger partial charge in [0, 0.05) is 44.3 Å². The van der Waals surface area contributed by atoms with E-state index in [1.807, 2.05) is 0 Å². The van der Waals surface area contributed by atoms with Crippen LogP contribution in [0, 0.1) is 5.92 Å². The Balaban J connectivity index is 1.45. The Labute approximate surface area is 150 Å². The minimum Gasteiger partial charge on any atom is -0.381 e. The van der Waals surface area contributed by atoms with Crippen molar-refractivity contribution in [2.45, 2.75) is 37.1 Å². The summed E-state index contributed by atoms with van der Waals surface area (Å²) >= 11 is 0. The molecule has 4 fully saturated rings. The van der Waals surface area contributed by atoms with Crippen molar-refractivity contribution in [2.24, 2.45) is 5.92 Å². The van der Waals surface area contributed by atoms with E-state index in [1.165, 1.54) is 12.0 Å². The Morgan fingerprint density at radius 2 is 2.00 bits per heavy atom. The highest BCUT2D eigenvalue weighted by Crippen LogP contribution is 2.34. The smallest absolute Gasteiger partial charge is 0.317 e. The van der Waals surface area contributed by atoms with E-state index in [0.717, 1.165) is 52.1 Å². The Hall–Kier alpha value is -1.59. The molecule has 0 unspecified atom stereocenters. The summed E-state index contributed by atoms with van der Waals surface area (Å²) in [7, 11) is 0. The molecule has 25 heavy (non-hydrogen) atoms. The van der Waals surface area contributed by atoms with Gasteiger partial charge in [-0.1, -0.05) is 30.3 Å². The maximum absolute atomic E-state index is 12.9. The minimum absolute atomic E-state index is 0.00170. The second-order valence-corrected chi connectivity index (χ2v) is 7.83. The summed E-state index contributed by atoms with van der Waals surface area (Å²) in [6.45, 7) is 5.10. The van der Waals surface area contributed by atoms with E-state index in [4.69, 9.17) is 4.74 Å². The van der Waals surface area contributed by atoms with E-state index < -0.39 is 0 Å². The number of amides is 2. The number of carbonyl (C=O) groups is 1. The third-order valence-electron chi connectivity index (χ3n) is 6.29. The van der Waals surface area contributed by atoms with Gasteiger partial charge in [0.2, 0.25) is 0 Å². The average molecular weight is 343 g/mol. The maximum atomic E-state index is 12.9. The standard InChI is InChI=1S/C20H29N3O2/c24-19(23-14-16-6-7-18(23)13-21-12-16)22-15-20(8-10-25-11-9-20)17-4-2-1-3-5-17/h1-5,16,18,21H,6-15H2,(H,22,24)/t16-,18+/m1/s1. The number of benzene rings is 1. The SMILES string of the molecule is O=C(NCC1(c2ccccc2)CCOCC1)N1C[C@@H]2CC[C@H]1CNC2. The van der Waals surface area contributed by atoms with Gasteiger partial charge in [0.1, 0.15) is 0 Å². The van der Waals surface area contributed by atoms with Crippen molar-refractivity contribution in [1.29, 1.82) is 0 Å². The van der Waals surface area contributed by atoms with Gasteiger partial charge >= 0.3 is 6.03 Å². The molecule has 5 nitrogen and oxygen atoms in total. The Morgan fingerprint density at radius 1 is 1.20 bits per heavy atom. The molecule has 4 saturated heterocycles. The minimum atomic E-state index is -0.00170. The molecule has 2 bridgehead atoms. The molecular weight excluding hydrogens is 314 g/mol. The van der Waals surface area contributed by atoms with Crippen LogP contribution in [0.25, 0.3) is 0 Å². The van der Waals surface area contributed by atoms with Crippen molar-refractivity contribution in [1.82, 2.24) is 15.5 Å². The number of urea groups is 1. The molecule has 4 heterocycles. The van der Waals surface area contributed by atoms with Crippen molar-refractivity contribution in [3.05, 3.63) is 35.9 Å². The zero-order valence-electron chi connectivity index (χ0n) is 14.9. The molecule has 2 amide bonds. The van der Waals surface area contributed by atoms with Crippen molar-refractivity contribution < 1.29 is 9.53 Å². The van der Waals surface area contributed by atoms with Gasteiger partial charge in [-0.05, 0) is 43.7 Å². The normalized spacial score (nSPS) is 28.4. The fourth-order valence-corrected chi connectivity index (χ4v) is 4.65. The first-order valence-electron chi connectivity index (χ1n) is 9.65. The molecule has 2 atom stereocenters. The fraction of sp³-hybridized carbons (Fsp3) is 0.650. The van der Waals surface area contributed by atoms with Crippen LogP contribution in [0.4, 0.5) is 4.79 Å². The van der Waals surface area contributed by atoms with Crippen LogP contribution in [-0.2, 0) is 10.2 Å². The molecule has 0 aliphatic carbocycles. The lowest BCUT2D eigenvalue weighted by molar-refractivity contribution is 0.0494. The summed E-state index contributed by atoms with van der Waals surface area (Å²) in [6, 6.07) is 11.1. The molecule has 5 heteroatoms. The van der Waals surface area contributed by atoms with Crippen LogP contribution in [0.3, 0.4) is 0 Å². The number of rotatable bonds is 3. The highest BCUT2D eigenvalue weighted by Gasteiger charge is 2.37. The third kappa shape index (κ3) is 3.53. The first-order chi connectivity index (χ1) is 12.3. The molecule has 0 saturated carbocycles. The lowest BCUT2D eigenvalue weighted by atomic mass is 9.74. The fourth-order valence-electron chi connectivity index (χ4n) is 4.65. The van der Waals surface area contributed by atoms with E-state index in [1.54, 1.807) is 0 Å². The quantitative estimate of drug-likeness (QED) is 0.884. The van der Waals surface area contributed by atoms with Crippen LogP contribution in [0.2, 0.25) is 0 Å².